The first-order valence-electron chi connectivity index (χ1n) is 6.93. The topological polar surface area (TPSA) is 81.4 Å². The van der Waals surface area contributed by atoms with Gasteiger partial charge in [0.05, 0.1) is 22.7 Å². The average Bonchev–Trinajstić information content (AvgIpc) is 2.66. The van der Waals surface area contributed by atoms with Crippen LogP contribution in [0, 0.1) is 11.8 Å². The summed E-state index contributed by atoms with van der Waals surface area (Å²) < 4.78 is 29.4. The fraction of sp³-hybridized carbons (Fsp3) is 1.00. The van der Waals surface area contributed by atoms with Crippen molar-refractivity contribution in [3.63, 3.8) is 0 Å². The Kier molecular flexibility index (Phi) is 3.75. The largest absolute Gasteiger partial charge is 0.369 e. The number of ether oxygens (including phenoxy) is 1. The van der Waals surface area contributed by atoms with Gasteiger partial charge in [-0.25, -0.2) is 8.42 Å². The molecule has 0 amide bonds. The van der Waals surface area contributed by atoms with E-state index in [9.17, 15) is 8.42 Å². The summed E-state index contributed by atoms with van der Waals surface area (Å²) >= 11 is 0. The zero-order valence-corrected chi connectivity index (χ0v) is 13.1. The van der Waals surface area contributed by atoms with Gasteiger partial charge in [0.2, 0.25) is 0 Å². The van der Waals surface area contributed by atoms with Crippen LogP contribution in [0.25, 0.3) is 0 Å². The van der Waals surface area contributed by atoms with E-state index in [1.165, 1.54) is 0 Å². The molecule has 3 atom stereocenters. The molecule has 2 aliphatic heterocycles. The highest BCUT2D eigenvalue weighted by molar-refractivity contribution is 7.91. The highest BCUT2D eigenvalue weighted by atomic mass is 32.2. The summed E-state index contributed by atoms with van der Waals surface area (Å²) in [4.78, 5) is 0. The SMILES string of the molecule is CC1(C)CC(C(NN)C2CCS(=O)(=O)C2)C(C)(C)O1. The number of hydrogen-bond acceptors (Lipinski definition) is 5. The van der Waals surface area contributed by atoms with E-state index in [1.807, 2.05) is 0 Å². The van der Waals surface area contributed by atoms with Crippen molar-refractivity contribution in [2.24, 2.45) is 17.7 Å². The smallest absolute Gasteiger partial charge is 0.150 e. The Morgan fingerprint density at radius 1 is 1.32 bits per heavy atom. The van der Waals surface area contributed by atoms with Crippen molar-refractivity contribution in [3.8, 4) is 0 Å². The quantitative estimate of drug-likeness (QED) is 0.595. The molecule has 0 spiro atoms. The summed E-state index contributed by atoms with van der Waals surface area (Å²) in [5.74, 6) is 6.58. The first-order chi connectivity index (χ1) is 8.56. The molecule has 0 aliphatic carbocycles. The predicted octanol–water partition coefficient (Wildman–Crippen LogP) is 0.847. The van der Waals surface area contributed by atoms with Crippen LogP contribution in [0.5, 0.6) is 0 Å². The molecule has 0 saturated carbocycles. The third-order valence-electron chi connectivity index (χ3n) is 4.55. The predicted molar refractivity (Wildman–Crippen MR) is 75.2 cm³/mol. The molecule has 0 aromatic heterocycles. The van der Waals surface area contributed by atoms with Crippen molar-refractivity contribution in [3.05, 3.63) is 0 Å². The molecule has 19 heavy (non-hydrogen) atoms. The minimum Gasteiger partial charge on any atom is -0.369 e. The standard InChI is InChI=1S/C13H26N2O3S/c1-12(2)7-10(13(3,4)18-12)11(15-14)9-5-6-19(16,17)8-9/h9-11,15H,5-8,14H2,1-4H3. The second-order valence-electron chi connectivity index (χ2n) is 7.13. The third kappa shape index (κ3) is 3.12. The minimum absolute atomic E-state index is 0.00551. The highest BCUT2D eigenvalue weighted by Crippen LogP contribution is 2.45. The van der Waals surface area contributed by atoms with Crippen molar-refractivity contribution in [2.75, 3.05) is 11.5 Å². The molecule has 3 N–H and O–H groups in total. The lowest BCUT2D eigenvalue weighted by Crippen LogP contribution is -2.51. The van der Waals surface area contributed by atoms with E-state index >= 15 is 0 Å². The molecule has 2 aliphatic rings. The Morgan fingerprint density at radius 2 is 1.95 bits per heavy atom. The van der Waals surface area contributed by atoms with Gasteiger partial charge in [0.1, 0.15) is 0 Å². The molecule has 2 rings (SSSR count). The van der Waals surface area contributed by atoms with Crippen LogP contribution in [0.15, 0.2) is 0 Å². The van der Waals surface area contributed by atoms with Crippen LogP contribution >= 0.6 is 0 Å². The maximum absolute atomic E-state index is 11.7. The van der Waals surface area contributed by atoms with Gasteiger partial charge in [-0.05, 0) is 46.5 Å². The molecule has 112 valence electrons. The van der Waals surface area contributed by atoms with Gasteiger partial charge in [-0.15, -0.1) is 0 Å². The van der Waals surface area contributed by atoms with Gasteiger partial charge in [-0.2, -0.15) is 0 Å². The maximum Gasteiger partial charge on any atom is 0.150 e. The zero-order valence-electron chi connectivity index (χ0n) is 12.3. The van der Waals surface area contributed by atoms with E-state index in [-0.39, 0.29) is 40.6 Å². The fourth-order valence-corrected chi connectivity index (χ4v) is 5.71. The summed E-state index contributed by atoms with van der Waals surface area (Å²) in [7, 11) is -2.88. The second kappa shape index (κ2) is 4.69. The van der Waals surface area contributed by atoms with E-state index in [2.05, 4.69) is 33.1 Å². The second-order valence-corrected chi connectivity index (χ2v) is 9.36. The van der Waals surface area contributed by atoms with Gasteiger partial charge in [-0.1, -0.05) is 0 Å². The van der Waals surface area contributed by atoms with Gasteiger partial charge in [0, 0.05) is 12.0 Å². The first kappa shape index (κ1) is 15.2. The van der Waals surface area contributed by atoms with Crippen LogP contribution in [-0.2, 0) is 14.6 Å². The molecule has 2 saturated heterocycles. The Balaban J connectivity index is 2.19. The lowest BCUT2D eigenvalue weighted by atomic mass is 9.76. The molecule has 5 nitrogen and oxygen atoms in total. The molecule has 3 unspecified atom stereocenters. The summed E-state index contributed by atoms with van der Waals surface area (Å²) in [6.45, 7) is 8.29. The highest BCUT2D eigenvalue weighted by Gasteiger charge is 2.51. The van der Waals surface area contributed by atoms with Crippen molar-refractivity contribution >= 4 is 9.84 Å². The van der Waals surface area contributed by atoms with Crippen molar-refractivity contribution in [1.82, 2.24) is 5.43 Å². The monoisotopic (exact) mass is 290 g/mol. The number of hydrazine groups is 1. The Morgan fingerprint density at radius 3 is 2.32 bits per heavy atom. The van der Waals surface area contributed by atoms with Gasteiger partial charge in [0.25, 0.3) is 0 Å². The van der Waals surface area contributed by atoms with Crippen LogP contribution in [0.2, 0.25) is 0 Å². The maximum atomic E-state index is 11.7. The van der Waals surface area contributed by atoms with Crippen molar-refractivity contribution < 1.29 is 13.2 Å². The average molecular weight is 290 g/mol. The molecule has 2 fully saturated rings. The fourth-order valence-electron chi connectivity index (χ4n) is 3.85. The number of nitrogens with two attached hydrogens (primary N) is 1. The molecule has 0 aromatic rings. The molecular weight excluding hydrogens is 264 g/mol. The number of rotatable bonds is 3. The van der Waals surface area contributed by atoms with Gasteiger partial charge in [0.15, 0.2) is 9.84 Å². The van der Waals surface area contributed by atoms with E-state index in [0.717, 1.165) is 6.42 Å². The minimum atomic E-state index is -2.88. The number of hydrogen-bond donors (Lipinski definition) is 2. The molecule has 2 heterocycles. The van der Waals surface area contributed by atoms with Crippen LogP contribution in [-0.4, -0.2) is 37.2 Å². The van der Waals surface area contributed by atoms with E-state index in [1.54, 1.807) is 0 Å². The Labute approximate surface area is 116 Å². The van der Waals surface area contributed by atoms with Crippen molar-refractivity contribution in [2.45, 2.75) is 57.8 Å². The summed E-state index contributed by atoms with van der Waals surface area (Å²) in [6.07, 6.45) is 1.59. The zero-order chi connectivity index (χ0) is 14.5. The molecule has 6 heteroatoms. The van der Waals surface area contributed by atoms with Crippen LogP contribution in [0.3, 0.4) is 0 Å². The summed E-state index contributed by atoms with van der Waals surface area (Å²) in [6, 6.07) is -0.00551. The third-order valence-corrected chi connectivity index (χ3v) is 6.34. The molecule has 0 aromatic carbocycles. The van der Waals surface area contributed by atoms with E-state index in [4.69, 9.17) is 10.6 Å². The summed E-state index contributed by atoms with van der Waals surface area (Å²) in [5, 5.41) is 0. The number of sulfone groups is 1. The Bertz CT molecular complexity index is 445. The molecule has 0 radical (unpaired) electrons. The van der Waals surface area contributed by atoms with E-state index in [0.29, 0.717) is 6.42 Å². The van der Waals surface area contributed by atoms with Crippen molar-refractivity contribution in [1.29, 1.82) is 0 Å². The lowest BCUT2D eigenvalue weighted by molar-refractivity contribution is -0.0793. The van der Waals surface area contributed by atoms with E-state index < -0.39 is 9.84 Å². The first-order valence-corrected chi connectivity index (χ1v) is 8.75. The van der Waals surface area contributed by atoms with Crippen LogP contribution in [0.1, 0.15) is 40.5 Å². The molecular formula is C13H26N2O3S. The van der Waals surface area contributed by atoms with Gasteiger partial charge in [-0.3, -0.25) is 11.3 Å². The summed E-state index contributed by atoms with van der Waals surface area (Å²) in [5.41, 5.74) is 2.41. The van der Waals surface area contributed by atoms with Gasteiger partial charge >= 0.3 is 0 Å². The van der Waals surface area contributed by atoms with Crippen LogP contribution < -0.4 is 11.3 Å². The Hall–Kier alpha value is -0.170. The number of nitrogens with one attached hydrogen (secondary N) is 1. The van der Waals surface area contributed by atoms with Gasteiger partial charge < -0.3 is 4.74 Å². The van der Waals surface area contributed by atoms with Crippen LogP contribution in [0.4, 0.5) is 0 Å². The molecule has 0 bridgehead atoms. The normalized spacial score (nSPS) is 37.3. The lowest BCUT2D eigenvalue weighted by Gasteiger charge is -2.35.